The van der Waals surface area contributed by atoms with Crippen LogP contribution in [0.15, 0.2) is 42.6 Å². The van der Waals surface area contributed by atoms with Gasteiger partial charge in [-0.1, -0.05) is 12.1 Å². The Balaban J connectivity index is 2.10. The monoisotopic (exact) mass is 274 g/mol. The van der Waals surface area contributed by atoms with E-state index in [1.807, 2.05) is 0 Å². The van der Waals surface area contributed by atoms with Gasteiger partial charge in [-0.2, -0.15) is 0 Å². The second-order valence-corrected chi connectivity index (χ2v) is 4.30. The number of hydrogen-bond acceptors (Lipinski definition) is 3. The lowest BCUT2D eigenvalue weighted by molar-refractivity contribution is 0.0935. The predicted molar refractivity (Wildman–Crippen MR) is 73.1 cm³/mol. The fraction of sp³-hybridized carbons (Fsp3) is 0.200. The van der Waals surface area contributed by atoms with Crippen LogP contribution in [0.5, 0.6) is 5.75 Å². The molecule has 0 saturated carbocycles. The molecule has 1 N–H and O–H groups in total. The molecule has 20 heavy (non-hydrogen) atoms. The van der Waals surface area contributed by atoms with Crippen LogP contribution in [0.1, 0.15) is 29.0 Å². The largest absolute Gasteiger partial charge is 0.494 e. The molecule has 104 valence electrons. The third-order valence-corrected chi connectivity index (χ3v) is 2.92. The molecule has 0 saturated heterocycles. The number of nitrogens with one attached hydrogen (secondary N) is 1. The van der Waals surface area contributed by atoms with Crippen LogP contribution in [0.2, 0.25) is 0 Å². The molecule has 0 radical (unpaired) electrons. The van der Waals surface area contributed by atoms with Gasteiger partial charge in [0, 0.05) is 6.20 Å². The first kappa shape index (κ1) is 14.0. The van der Waals surface area contributed by atoms with E-state index in [0.717, 1.165) is 0 Å². The quantitative estimate of drug-likeness (QED) is 0.932. The highest BCUT2D eigenvalue weighted by molar-refractivity contribution is 5.92. The predicted octanol–water partition coefficient (Wildman–Crippen LogP) is 2.72. The van der Waals surface area contributed by atoms with Crippen molar-refractivity contribution in [2.75, 3.05) is 7.11 Å². The van der Waals surface area contributed by atoms with Crippen LogP contribution < -0.4 is 10.1 Å². The van der Waals surface area contributed by atoms with Gasteiger partial charge in [0.1, 0.15) is 5.69 Å². The molecule has 1 heterocycles. The van der Waals surface area contributed by atoms with Crippen molar-refractivity contribution in [1.29, 1.82) is 0 Å². The maximum absolute atomic E-state index is 13.6. The van der Waals surface area contributed by atoms with E-state index in [1.165, 1.54) is 19.2 Å². The molecule has 0 spiro atoms. The van der Waals surface area contributed by atoms with Crippen molar-refractivity contribution in [3.05, 3.63) is 59.7 Å². The van der Waals surface area contributed by atoms with E-state index in [2.05, 4.69) is 10.3 Å². The fourth-order valence-corrected chi connectivity index (χ4v) is 1.80. The molecule has 0 bridgehead atoms. The molecule has 1 aromatic heterocycles. The Bertz CT molecular complexity index is 602. The molecule has 2 aromatic rings. The van der Waals surface area contributed by atoms with Gasteiger partial charge >= 0.3 is 0 Å². The highest BCUT2D eigenvalue weighted by atomic mass is 19.1. The Morgan fingerprint density at radius 1 is 1.35 bits per heavy atom. The van der Waals surface area contributed by atoms with Gasteiger partial charge in [0.15, 0.2) is 11.6 Å². The maximum Gasteiger partial charge on any atom is 0.270 e. The zero-order chi connectivity index (χ0) is 14.5. The van der Waals surface area contributed by atoms with Crippen LogP contribution >= 0.6 is 0 Å². The number of pyridine rings is 1. The number of aromatic nitrogens is 1. The number of methoxy groups -OCH3 is 1. The minimum atomic E-state index is -0.455. The third-order valence-electron chi connectivity index (χ3n) is 2.92. The van der Waals surface area contributed by atoms with Crippen molar-refractivity contribution >= 4 is 5.91 Å². The summed E-state index contributed by atoms with van der Waals surface area (Å²) in [6, 6.07) is 9.36. The Hall–Kier alpha value is -2.43. The van der Waals surface area contributed by atoms with Gasteiger partial charge in [-0.15, -0.1) is 0 Å². The number of carbonyl (C=O) groups is 1. The van der Waals surface area contributed by atoms with Crippen molar-refractivity contribution in [2.45, 2.75) is 13.0 Å². The van der Waals surface area contributed by atoms with E-state index < -0.39 is 5.82 Å². The standard InChI is InChI=1S/C15H15FN2O2/c1-10(11-6-7-14(20-2)12(16)9-11)18-15(19)13-5-3-4-8-17-13/h3-10H,1-2H3,(H,18,19)/t10-/m1/s1. The third kappa shape index (κ3) is 3.12. The van der Waals surface area contributed by atoms with Gasteiger partial charge in [0.05, 0.1) is 13.2 Å². The first-order valence-electron chi connectivity index (χ1n) is 6.17. The number of hydrogen-bond donors (Lipinski definition) is 1. The maximum atomic E-state index is 13.6. The Morgan fingerprint density at radius 3 is 2.75 bits per heavy atom. The van der Waals surface area contributed by atoms with Crippen molar-refractivity contribution in [3.8, 4) is 5.75 Å². The molecule has 0 aliphatic rings. The molecule has 1 amide bonds. The lowest BCUT2D eigenvalue weighted by atomic mass is 10.1. The number of amides is 1. The minimum Gasteiger partial charge on any atom is -0.494 e. The van der Waals surface area contributed by atoms with Crippen LogP contribution in [0.4, 0.5) is 4.39 Å². The summed E-state index contributed by atoms with van der Waals surface area (Å²) in [7, 11) is 1.41. The molecular weight excluding hydrogens is 259 g/mol. The smallest absolute Gasteiger partial charge is 0.270 e. The molecule has 1 aromatic carbocycles. The van der Waals surface area contributed by atoms with Crippen LogP contribution in [-0.4, -0.2) is 18.0 Å². The average molecular weight is 274 g/mol. The Morgan fingerprint density at radius 2 is 2.15 bits per heavy atom. The van der Waals surface area contributed by atoms with E-state index in [-0.39, 0.29) is 17.7 Å². The summed E-state index contributed by atoms with van der Waals surface area (Å²) in [6.45, 7) is 1.78. The molecule has 0 fully saturated rings. The number of halogens is 1. The van der Waals surface area contributed by atoms with Crippen molar-refractivity contribution in [2.24, 2.45) is 0 Å². The zero-order valence-electron chi connectivity index (χ0n) is 11.3. The van der Waals surface area contributed by atoms with Crippen LogP contribution in [0, 0.1) is 5.82 Å². The summed E-state index contributed by atoms with van der Waals surface area (Å²) in [5, 5.41) is 2.77. The highest BCUT2D eigenvalue weighted by Gasteiger charge is 2.14. The van der Waals surface area contributed by atoms with E-state index in [1.54, 1.807) is 37.4 Å². The second-order valence-electron chi connectivity index (χ2n) is 4.30. The van der Waals surface area contributed by atoms with Crippen molar-refractivity contribution in [1.82, 2.24) is 10.3 Å². The van der Waals surface area contributed by atoms with Crippen molar-refractivity contribution < 1.29 is 13.9 Å². The number of nitrogens with zero attached hydrogens (tertiary/aromatic N) is 1. The van der Waals surface area contributed by atoms with Gasteiger partial charge in [-0.3, -0.25) is 9.78 Å². The summed E-state index contributed by atoms with van der Waals surface area (Å²) in [6.07, 6.45) is 1.55. The lowest BCUT2D eigenvalue weighted by Crippen LogP contribution is -2.27. The number of rotatable bonds is 4. The molecule has 2 rings (SSSR count). The van der Waals surface area contributed by atoms with E-state index in [0.29, 0.717) is 11.3 Å². The molecule has 0 aliphatic carbocycles. The van der Waals surface area contributed by atoms with Crippen LogP contribution in [-0.2, 0) is 0 Å². The highest BCUT2D eigenvalue weighted by Crippen LogP contribution is 2.21. The summed E-state index contributed by atoms with van der Waals surface area (Å²) in [5.74, 6) is -0.574. The molecule has 1 atom stereocenters. The molecule has 5 heteroatoms. The van der Waals surface area contributed by atoms with E-state index in [9.17, 15) is 9.18 Å². The lowest BCUT2D eigenvalue weighted by Gasteiger charge is -2.15. The Labute approximate surface area is 116 Å². The van der Waals surface area contributed by atoms with Crippen LogP contribution in [0.3, 0.4) is 0 Å². The number of benzene rings is 1. The normalized spacial score (nSPS) is 11.8. The van der Waals surface area contributed by atoms with Gasteiger partial charge in [0.25, 0.3) is 5.91 Å². The molecule has 4 nitrogen and oxygen atoms in total. The van der Waals surface area contributed by atoms with E-state index in [4.69, 9.17) is 4.74 Å². The summed E-state index contributed by atoms with van der Waals surface area (Å²) >= 11 is 0. The topological polar surface area (TPSA) is 51.2 Å². The Kier molecular flexibility index (Phi) is 4.30. The summed E-state index contributed by atoms with van der Waals surface area (Å²) in [4.78, 5) is 15.9. The van der Waals surface area contributed by atoms with Crippen LogP contribution in [0.25, 0.3) is 0 Å². The fourth-order valence-electron chi connectivity index (χ4n) is 1.80. The number of ether oxygens (including phenoxy) is 1. The molecular formula is C15H15FN2O2. The molecule has 0 unspecified atom stereocenters. The summed E-state index contributed by atoms with van der Waals surface area (Å²) in [5.41, 5.74) is 0.987. The second kappa shape index (κ2) is 6.14. The first-order chi connectivity index (χ1) is 9.61. The van der Waals surface area contributed by atoms with Crippen molar-refractivity contribution in [3.63, 3.8) is 0 Å². The zero-order valence-corrected chi connectivity index (χ0v) is 11.3. The van der Waals surface area contributed by atoms with E-state index >= 15 is 0 Å². The molecule has 0 aliphatic heterocycles. The first-order valence-corrected chi connectivity index (χ1v) is 6.17. The minimum absolute atomic E-state index is 0.178. The average Bonchev–Trinajstić information content (AvgIpc) is 2.48. The van der Waals surface area contributed by atoms with Gasteiger partial charge in [0.2, 0.25) is 0 Å². The van der Waals surface area contributed by atoms with Gasteiger partial charge < -0.3 is 10.1 Å². The summed E-state index contributed by atoms with van der Waals surface area (Å²) < 4.78 is 18.5. The van der Waals surface area contributed by atoms with Gasteiger partial charge in [-0.25, -0.2) is 4.39 Å². The SMILES string of the molecule is COc1ccc([C@@H](C)NC(=O)c2ccccn2)cc1F. The number of carbonyl (C=O) groups excluding carboxylic acids is 1. The van der Waals surface area contributed by atoms with Gasteiger partial charge in [-0.05, 0) is 36.8 Å².